The Kier molecular flexibility index (Phi) is 5.86. The summed E-state index contributed by atoms with van der Waals surface area (Å²) in [6.07, 6.45) is 11.3. The number of allylic oxidation sites excluding steroid dienone is 3. The molecule has 0 saturated heterocycles. The average Bonchev–Trinajstić information content (AvgIpc) is 3.16. The molecule has 0 fully saturated rings. The molecule has 0 atom stereocenters. The standard InChI is InChI=1S/C24H29N5O/c1-4-16(30)8-7-11-19-17-9-5-6-10-18(17)22-20(26-19)12-13-21-23(22)24(28-27-21)25-14-15-29(2)3/h4,7-8,11-13,30H,1,5-6,9-10,14-15H2,2-3H3,(H2,25,27,28)/b11-7+,16-8+. The van der Waals surface area contributed by atoms with Gasteiger partial charge in [-0.15, -0.1) is 0 Å². The van der Waals surface area contributed by atoms with Crippen LogP contribution in [0.5, 0.6) is 0 Å². The molecule has 6 heteroatoms. The van der Waals surface area contributed by atoms with Crippen molar-refractivity contribution < 1.29 is 5.11 Å². The molecule has 4 rings (SSSR count). The van der Waals surface area contributed by atoms with Crippen LogP contribution in [0.1, 0.15) is 29.7 Å². The molecule has 156 valence electrons. The van der Waals surface area contributed by atoms with E-state index in [9.17, 15) is 5.11 Å². The number of pyridine rings is 1. The Morgan fingerprint density at radius 2 is 2.03 bits per heavy atom. The van der Waals surface area contributed by atoms with Gasteiger partial charge in [0.1, 0.15) is 5.76 Å². The van der Waals surface area contributed by atoms with Gasteiger partial charge >= 0.3 is 0 Å². The van der Waals surface area contributed by atoms with Crippen molar-refractivity contribution in [2.24, 2.45) is 0 Å². The van der Waals surface area contributed by atoms with Crippen molar-refractivity contribution in [3.8, 4) is 0 Å². The Morgan fingerprint density at radius 3 is 2.80 bits per heavy atom. The normalized spacial score (nSPS) is 14.7. The van der Waals surface area contributed by atoms with E-state index in [0.717, 1.165) is 53.9 Å². The van der Waals surface area contributed by atoms with E-state index in [2.05, 4.69) is 53.2 Å². The van der Waals surface area contributed by atoms with Crippen LogP contribution in [0, 0.1) is 0 Å². The Balaban J connectivity index is 1.85. The second-order valence-corrected chi connectivity index (χ2v) is 8.00. The molecule has 6 nitrogen and oxygen atoms in total. The fourth-order valence-corrected chi connectivity index (χ4v) is 4.13. The highest BCUT2D eigenvalue weighted by Gasteiger charge is 2.21. The molecular weight excluding hydrogens is 374 g/mol. The van der Waals surface area contributed by atoms with E-state index in [1.54, 1.807) is 6.08 Å². The molecule has 1 aliphatic rings. The van der Waals surface area contributed by atoms with Crippen LogP contribution < -0.4 is 5.32 Å². The number of aliphatic hydroxyl groups is 1. The van der Waals surface area contributed by atoms with Crippen molar-refractivity contribution in [1.82, 2.24) is 20.1 Å². The van der Waals surface area contributed by atoms with Gasteiger partial charge in [-0.2, -0.15) is 5.10 Å². The number of aryl methyl sites for hydroxylation is 1. The van der Waals surface area contributed by atoms with E-state index in [0.29, 0.717) is 0 Å². The van der Waals surface area contributed by atoms with Crippen LogP contribution in [0.3, 0.4) is 0 Å². The second-order valence-electron chi connectivity index (χ2n) is 8.00. The lowest BCUT2D eigenvalue weighted by atomic mass is 9.86. The molecule has 0 aliphatic heterocycles. The third kappa shape index (κ3) is 3.96. The van der Waals surface area contributed by atoms with Gasteiger partial charge in [-0.3, -0.25) is 5.10 Å². The van der Waals surface area contributed by atoms with Crippen LogP contribution in [0.4, 0.5) is 5.82 Å². The second kappa shape index (κ2) is 8.71. The van der Waals surface area contributed by atoms with Gasteiger partial charge in [-0.1, -0.05) is 12.7 Å². The topological polar surface area (TPSA) is 77.1 Å². The number of hydrogen-bond donors (Lipinski definition) is 3. The van der Waals surface area contributed by atoms with Gasteiger partial charge in [0.2, 0.25) is 0 Å². The van der Waals surface area contributed by atoms with Crippen molar-refractivity contribution in [2.75, 3.05) is 32.5 Å². The van der Waals surface area contributed by atoms with E-state index < -0.39 is 0 Å². The Bertz CT molecular complexity index is 1140. The van der Waals surface area contributed by atoms with Crippen molar-refractivity contribution in [2.45, 2.75) is 25.7 Å². The highest BCUT2D eigenvalue weighted by Crippen LogP contribution is 2.37. The van der Waals surface area contributed by atoms with Gasteiger partial charge in [0.05, 0.1) is 22.1 Å². The predicted molar refractivity (Wildman–Crippen MR) is 125 cm³/mol. The maximum Gasteiger partial charge on any atom is 0.156 e. The summed E-state index contributed by atoms with van der Waals surface area (Å²) in [6, 6.07) is 4.13. The Hall–Kier alpha value is -3.12. The first kappa shape index (κ1) is 20.2. The Labute approximate surface area is 177 Å². The predicted octanol–water partition coefficient (Wildman–Crippen LogP) is 4.60. The van der Waals surface area contributed by atoms with Crippen LogP contribution in [0.15, 0.2) is 42.7 Å². The molecule has 2 heterocycles. The zero-order chi connectivity index (χ0) is 21.1. The fraction of sp³-hybridized carbons (Fsp3) is 0.333. The van der Waals surface area contributed by atoms with Crippen molar-refractivity contribution in [3.63, 3.8) is 0 Å². The van der Waals surface area contributed by atoms with E-state index in [1.165, 1.54) is 35.4 Å². The lowest BCUT2D eigenvalue weighted by Gasteiger charge is -2.21. The summed E-state index contributed by atoms with van der Waals surface area (Å²) in [5.41, 5.74) is 5.69. The van der Waals surface area contributed by atoms with Gasteiger partial charge in [0, 0.05) is 18.5 Å². The number of hydrogen-bond acceptors (Lipinski definition) is 5. The summed E-state index contributed by atoms with van der Waals surface area (Å²) in [5, 5.41) is 23.2. The van der Waals surface area contributed by atoms with E-state index in [1.807, 2.05) is 12.2 Å². The minimum absolute atomic E-state index is 0.148. The van der Waals surface area contributed by atoms with Gasteiger partial charge in [-0.05, 0) is 81.3 Å². The number of nitrogens with zero attached hydrogens (tertiary/aromatic N) is 3. The summed E-state index contributed by atoms with van der Waals surface area (Å²) in [5.74, 6) is 1.05. The average molecular weight is 404 g/mol. The molecule has 30 heavy (non-hydrogen) atoms. The largest absolute Gasteiger partial charge is 0.508 e. The molecule has 3 N–H and O–H groups in total. The number of aromatic nitrogens is 3. The lowest BCUT2D eigenvalue weighted by molar-refractivity contribution is 0.425. The van der Waals surface area contributed by atoms with Crippen LogP contribution >= 0.6 is 0 Å². The molecule has 0 spiro atoms. The van der Waals surface area contributed by atoms with Crippen LogP contribution in [-0.2, 0) is 12.8 Å². The van der Waals surface area contributed by atoms with Crippen molar-refractivity contribution >= 4 is 33.7 Å². The monoisotopic (exact) mass is 403 g/mol. The van der Waals surface area contributed by atoms with Gasteiger partial charge in [-0.25, -0.2) is 4.98 Å². The number of aromatic amines is 1. The number of aliphatic hydroxyl groups excluding tert-OH is 1. The first-order valence-corrected chi connectivity index (χ1v) is 10.5. The number of anilines is 1. The Morgan fingerprint density at radius 1 is 1.23 bits per heavy atom. The molecule has 0 saturated carbocycles. The number of rotatable bonds is 7. The smallest absolute Gasteiger partial charge is 0.156 e. The third-order valence-corrected chi connectivity index (χ3v) is 5.61. The van der Waals surface area contributed by atoms with Gasteiger partial charge in [0.25, 0.3) is 0 Å². The van der Waals surface area contributed by atoms with Crippen LogP contribution in [0.25, 0.3) is 27.9 Å². The number of likely N-dealkylation sites (N-methyl/N-ethyl adjacent to an activating group) is 1. The lowest BCUT2D eigenvalue weighted by Crippen LogP contribution is -2.21. The zero-order valence-corrected chi connectivity index (χ0v) is 17.7. The first-order chi connectivity index (χ1) is 14.6. The van der Waals surface area contributed by atoms with E-state index >= 15 is 0 Å². The quantitative estimate of drug-likeness (QED) is 0.397. The summed E-state index contributed by atoms with van der Waals surface area (Å²) in [4.78, 5) is 7.14. The minimum Gasteiger partial charge on any atom is -0.508 e. The molecule has 0 amide bonds. The minimum atomic E-state index is 0.148. The van der Waals surface area contributed by atoms with E-state index in [-0.39, 0.29) is 5.76 Å². The van der Waals surface area contributed by atoms with Gasteiger partial charge in [0.15, 0.2) is 5.82 Å². The summed E-state index contributed by atoms with van der Waals surface area (Å²) < 4.78 is 0. The van der Waals surface area contributed by atoms with Crippen LogP contribution in [-0.4, -0.2) is 52.4 Å². The zero-order valence-electron chi connectivity index (χ0n) is 17.7. The summed E-state index contributed by atoms with van der Waals surface area (Å²) >= 11 is 0. The molecule has 0 radical (unpaired) electrons. The first-order valence-electron chi connectivity index (χ1n) is 10.5. The highest BCUT2D eigenvalue weighted by molar-refractivity contribution is 6.12. The molecule has 0 bridgehead atoms. The summed E-state index contributed by atoms with van der Waals surface area (Å²) in [6.45, 7) is 5.35. The maximum atomic E-state index is 9.63. The maximum absolute atomic E-state index is 9.63. The highest BCUT2D eigenvalue weighted by atomic mass is 16.3. The molecule has 1 aliphatic carbocycles. The number of fused-ring (bicyclic) bond motifs is 5. The number of nitrogens with one attached hydrogen (secondary N) is 2. The van der Waals surface area contributed by atoms with Crippen LogP contribution in [0.2, 0.25) is 0 Å². The molecule has 1 aromatic carbocycles. The molecule has 0 unspecified atom stereocenters. The van der Waals surface area contributed by atoms with E-state index in [4.69, 9.17) is 4.98 Å². The third-order valence-electron chi connectivity index (χ3n) is 5.61. The van der Waals surface area contributed by atoms with Crippen molar-refractivity contribution in [3.05, 3.63) is 59.5 Å². The molecular formula is C24H29N5O. The van der Waals surface area contributed by atoms with Gasteiger partial charge < -0.3 is 15.3 Å². The SMILES string of the molecule is C=C/C(O)=C\C=C\c1nc2ccc3[nH]nc(NCCN(C)C)c3c2c2c1CCCC2. The number of benzene rings is 1. The molecule has 2 aromatic heterocycles. The fourth-order valence-electron chi connectivity index (χ4n) is 4.13. The number of H-pyrrole nitrogens is 1. The molecule has 3 aromatic rings. The van der Waals surface area contributed by atoms with Crippen molar-refractivity contribution in [1.29, 1.82) is 0 Å². The summed E-state index contributed by atoms with van der Waals surface area (Å²) in [7, 11) is 4.14.